The van der Waals surface area contributed by atoms with Crippen molar-refractivity contribution in [1.29, 1.82) is 0 Å². The van der Waals surface area contributed by atoms with Crippen molar-refractivity contribution in [2.24, 2.45) is 0 Å². The van der Waals surface area contributed by atoms with Crippen molar-refractivity contribution in [3.63, 3.8) is 0 Å². The first-order valence-electron chi connectivity index (χ1n) is 15.4. The van der Waals surface area contributed by atoms with Crippen LogP contribution in [-0.4, -0.2) is 38.2 Å². The second kappa shape index (κ2) is 13.2. The fourth-order valence-electron chi connectivity index (χ4n) is 6.08. The maximum Gasteiger partial charge on any atom is 2.00 e. The summed E-state index contributed by atoms with van der Waals surface area (Å²) >= 11 is 0. The molecule has 0 unspecified atom stereocenters. The molecule has 1 aliphatic rings. The van der Waals surface area contributed by atoms with E-state index in [1.165, 1.54) is 77.8 Å². The van der Waals surface area contributed by atoms with Gasteiger partial charge in [-0.05, 0) is 45.8 Å². The van der Waals surface area contributed by atoms with E-state index in [2.05, 4.69) is 22.1 Å². The Bertz CT molecular complexity index is 1910. The Labute approximate surface area is 311 Å². The van der Waals surface area contributed by atoms with E-state index in [1.807, 2.05) is 0 Å². The fourth-order valence-corrected chi connectivity index (χ4v) is 6.08. The van der Waals surface area contributed by atoms with Crippen LogP contribution in [0.1, 0.15) is 72.5 Å². The van der Waals surface area contributed by atoms with E-state index >= 15 is 0 Å². The van der Waals surface area contributed by atoms with Crippen LogP contribution in [0.4, 0.5) is 64.1 Å². The normalized spacial score (nSPS) is 15.3. The predicted molar refractivity (Wildman–Crippen MR) is 170 cm³/mol. The third-order valence-corrected chi connectivity index (χ3v) is 9.07. The van der Waals surface area contributed by atoms with Gasteiger partial charge in [-0.3, -0.25) is 0 Å². The number of benzene rings is 2. The molecule has 0 saturated carbocycles. The van der Waals surface area contributed by atoms with E-state index in [0.717, 1.165) is 12.1 Å². The molecule has 2 aromatic heterocycles. The second-order valence-corrected chi connectivity index (χ2v) is 13.9. The number of anilines is 2. The van der Waals surface area contributed by atoms with Crippen molar-refractivity contribution in [1.82, 2.24) is 9.97 Å². The van der Waals surface area contributed by atoms with Gasteiger partial charge in [-0.25, -0.2) is 0 Å². The quantitative estimate of drug-likeness (QED) is 0.148. The summed E-state index contributed by atoms with van der Waals surface area (Å²) in [5.74, 6) is 0. The average molecular weight is 942 g/mol. The molecule has 0 aliphatic carbocycles. The summed E-state index contributed by atoms with van der Waals surface area (Å²) in [4.78, 5) is 11.3. The van der Waals surface area contributed by atoms with Crippen molar-refractivity contribution >= 4 is 11.4 Å². The molecule has 2 aromatic carbocycles. The molecule has 3 heterocycles. The van der Waals surface area contributed by atoms with Crippen LogP contribution in [0.25, 0.3) is 22.5 Å². The molecule has 0 amide bonds. The van der Waals surface area contributed by atoms with Crippen LogP contribution in [0, 0.1) is 12.1 Å². The molecule has 0 atom stereocenters. The van der Waals surface area contributed by atoms with Crippen molar-refractivity contribution in [2.75, 3.05) is 38.0 Å². The maximum absolute atomic E-state index is 14.8. The number of hydrogen-bond donors (Lipinski definition) is 0. The minimum absolute atomic E-state index is 0. The number of aromatic nitrogens is 2. The fraction of sp³-hybridized carbons (Fsp3) is 0.389. The third-order valence-electron chi connectivity index (χ3n) is 9.07. The van der Waals surface area contributed by atoms with Gasteiger partial charge in [-0.15, -0.1) is 46.5 Å². The van der Waals surface area contributed by atoms with Gasteiger partial charge in [0.15, 0.2) is 0 Å². The van der Waals surface area contributed by atoms with Gasteiger partial charge < -0.3 is 19.8 Å². The average Bonchev–Trinajstić information content (AvgIpc) is 3.00. The van der Waals surface area contributed by atoms with E-state index < -0.39 is 91.4 Å². The monoisotopic (exact) mass is 941 g/mol. The Balaban J connectivity index is 0.00000627. The molecule has 53 heavy (non-hydrogen) atoms. The number of nitrogens with zero attached hydrogens (tertiary/aromatic N) is 4. The first kappa shape index (κ1) is 41.9. The Hall–Kier alpha value is -3.81. The molecule has 0 fully saturated rings. The SMILES string of the molecule is CN(C)c1cc2nc(c1)C(C)(C)c1[c-]c(c(C(F)(F)F)cc1C(F)(F)F)-c1cc(N(C)C)cc(n1)C(C)(C)c1[c-]c-2c(C(F)(F)F)cc1C(F)(F)F.[Pt+2]. The molecule has 0 saturated heterocycles. The van der Waals surface area contributed by atoms with Crippen LogP contribution in [0.5, 0.6) is 0 Å². The summed E-state index contributed by atoms with van der Waals surface area (Å²) in [5.41, 5.74) is -16.4. The van der Waals surface area contributed by atoms with Crippen LogP contribution in [0.3, 0.4) is 0 Å². The number of fused-ring (bicyclic) bond motifs is 10. The van der Waals surface area contributed by atoms with Crippen molar-refractivity contribution < 1.29 is 73.8 Å². The Morgan fingerprint density at radius 2 is 0.755 bits per heavy atom. The topological polar surface area (TPSA) is 32.3 Å². The van der Waals surface area contributed by atoms with Crippen LogP contribution in [0.2, 0.25) is 0 Å². The molecule has 0 spiro atoms. The zero-order valence-corrected chi connectivity index (χ0v) is 31.4. The van der Waals surface area contributed by atoms with Crippen LogP contribution >= 0.6 is 0 Å². The Morgan fingerprint density at radius 3 is 1.00 bits per heavy atom. The van der Waals surface area contributed by atoms with E-state index in [1.54, 1.807) is 0 Å². The molecule has 288 valence electrons. The smallest absolute Gasteiger partial charge is 0.378 e. The van der Waals surface area contributed by atoms with E-state index in [0.29, 0.717) is 0 Å². The van der Waals surface area contributed by atoms with Gasteiger partial charge >= 0.3 is 45.8 Å². The zero-order valence-electron chi connectivity index (χ0n) is 29.1. The number of rotatable bonds is 2. The second-order valence-electron chi connectivity index (χ2n) is 13.9. The largest absolute Gasteiger partial charge is 2.00 e. The van der Waals surface area contributed by atoms with E-state index in [-0.39, 0.29) is 56.0 Å². The van der Waals surface area contributed by atoms with Gasteiger partial charge in [-0.1, -0.05) is 39.8 Å². The minimum Gasteiger partial charge on any atom is -0.378 e. The maximum atomic E-state index is 14.8. The van der Waals surface area contributed by atoms with Gasteiger partial charge in [-0.2, -0.15) is 52.7 Å². The number of alkyl halides is 12. The van der Waals surface area contributed by atoms with Crippen molar-refractivity contribution in [2.45, 2.75) is 63.2 Å². The molecule has 17 heteroatoms. The molecule has 8 bridgehead atoms. The van der Waals surface area contributed by atoms with Crippen molar-refractivity contribution in [3.8, 4) is 22.5 Å². The summed E-state index contributed by atoms with van der Waals surface area (Å²) in [6.45, 7) is 4.70. The third kappa shape index (κ3) is 7.62. The van der Waals surface area contributed by atoms with Gasteiger partial charge in [0.1, 0.15) is 0 Å². The van der Waals surface area contributed by atoms with E-state index in [4.69, 9.17) is 0 Å². The molecular formula is C36H30F12N4Pt. The van der Waals surface area contributed by atoms with Gasteiger partial charge in [0.25, 0.3) is 0 Å². The number of pyridine rings is 2. The summed E-state index contributed by atoms with van der Waals surface area (Å²) in [6, 6.07) is 9.17. The summed E-state index contributed by atoms with van der Waals surface area (Å²) in [7, 11) is 5.81. The predicted octanol–water partition coefficient (Wildman–Crippen LogP) is 10.6. The van der Waals surface area contributed by atoms with Crippen molar-refractivity contribution in [3.05, 3.63) is 93.3 Å². The van der Waals surface area contributed by atoms with E-state index in [9.17, 15) is 52.7 Å². The summed E-state index contributed by atoms with van der Waals surface area (Å²) < 4.78 is 177. The van der Waals surface area contributed by atoms with Crippen LogP contribution in [0.15, 0.2) is 36.4 Å². The van der Waals surface area contributed by atoms with Crippen LogP contribution in [-0.2, 0) is 56.6 Å². The molecule has 1 aliphatic heterocycles. The van der Waals surface area contributed by atoms with Gasteiger partial charge in [0, 0.05) is 61.8 Å². The minimum atomic E-state index is -5.40. The first-order valence-corrected chi connectivity index (χ1v) is 15.4. The number of halogens is 12. The molecule has 0 radical (unpaired) electrons. The van der Waals surface area contributed by atoms with Crippen LogP contribution < -0.4 is 9.80 Å². The molecule has 4 aromatic rings. The summed E-state index contributed by atoms with van der Waals surface area (Å²) in [6.07, 6.45) is -21.6. The Morgan fingerprint density at radius 1 is 0.472 bits per heavy atom. The van der Waals surface area contributed by atoms with Gasteiger partial charge in [0.2, 0.25) is 0 Å². The molecule has 4 nitrogen and oxygen atoms in total. The zero-order chi connectivity index (χ0) is 39.3. The first-order chi connectivity index (χ1) is 23.5. The molecule has 0 N–H and O–H groups in total. The number of hydrogen-bond acceptors (Lipinski definition) is 4. The molecule has 5 rings (SSSR count). The van der Waals surface area contributed by atoms with Gasteiger partial charge in [0.05, 0.1) is 0 Å². The standard InChI is InChI=1S/C36H30F12N4.Pt/c1-31(2)23-13-19(21(33(37,38)39)15-25(23)35(43,44)45)28-10-18(52(7)8)12-30(50-28)32(3,4)24-14-20(27-9-17(51(5)6)11-29(31)49-27)22(34(40,41)42)16-26(24)36(46,47)48;/h9-12,15-16H,1-8H3;/q-2;+2. The Kier molecular flexibility index (Phi) is 10.4. The summed E-state index contributed by atoms with van der Waals surface area (Å²) in [5, 5.41) is 0. The molecular weight excluding hydrogens is 911 g/mol.